The van der Waals surface area contributed by atoms with Crippen LogP contribution in [-0.4, -0.2) is 58.3 Å². The first-order chi connectivity index (χ1) is 15.0. The third-order valence-corrected chi connectivity index (χ3v) is 4.94. The van der Waals surface area contributed by atoms with E-state index >= 15 is 0 Å². The highest BCUT2D eigenvalue weighted by Crippen LogP contribution is 2.37. The standard InChI is InChI=1S/C23H26N2O6/c1-28-13-7-12-25-22(26)20(16-8-5-6-9-18(16)30-3)21(23(25)27)24-17-14-15(29-2)10-11-19(17)31-4/h5-6,8-11,14,24H,7,12-13H2,1-4H3. The number of hydrogen-bond donors (Lipinski definition) is 1. The monoisotopic (exact) mass is 426 g/mol. The molecule has 1 aliphatic heterocycles. The highest BCUT2D eigenvalue weighted by Gasteiger charge is 2.40. The number of para-hydroxylation sites is 1. The first-order valence-corrected chi connectivity index (χ1v) is 9.77. The van der Waals surface area contributed by atoms with Crippen LogP contribution in [0.1, 0.15) is 12.0 Å². The van der Waals surface area contributed by atoms with Crippen LogP contribution in [0.25, 0.3) is 5.57 Å². The van der Waals surface area contributed by atoms with Crippen molar-refractivity contribution in [3.63, 3.8) is 0 Å². The van der Waals surface area contributed by atoms with E-state index in [0.717, 1.165) is 0 Å². The number of anilines is 1. The first kappa shape index (κ1) is 22.2. The van der Waals surface area contributed by atoms with Crippen LogP contribution >= 0.6 is 0 Å². The Bertz CT molecular complexity index is 1000. The molecule has 0 aliphatic carbocycles. The quantitative estimate of drug-likeness (QED) is 0.462. The van der Waals surface area contributed by atoms with Gasteiger partial charge in [0.05, 0.1) is 32.6 Å². The number of ether oxygens (including phenoxy) is 4. The largest absolute Gasteiger partial charge is 0.497 e. The Balaban J connectivity index is 2.10. The molecule has 3 rings (SSSR count). The molecule has 31 heavy (non-hydrogen) atoms. The average Bonchev–Trinajstić information content (AvgIpc) is 3.03. The number of carbonyl (C=O) groups excluding carboxylic acids is 2. The molecule has 0 radical (unpaired) electrons. The summed E-state index contributed by atoms with van der Waals surface area (Å²) in [5.41, 5.74) is 1.43. The maximum Gasteiger partial charge on any atom is 0.278 e. The summed E-state index contributed by atoms with van der Waals surface area (Å²) in [6.07, 6.45) is 0.531. The fourth-order valence-electron chi connectivity index (χ4n) is 3.41. The van der Waals surface area contributed by atoms with Gasteiger partial charge in [0, 0.05) is 31.9 Å². The van der Waals surface area contributed by atoms with Gasteiger partial charge in [0.25, 0.3) is 11.8 Å². The number of carbonyl (C=O) groups is 2. The molecule has 0 saturated heterocycles. The highest BCUT2D eigenvalue weighted by molar-refractivity contribution is 6.37. The van der Waals surface area contributed by atoms with Gasteiger partial charge < -0.3 is 24.3 Å². The first-order valence-electron chi connectivity index (χ1n) is 9.77. The minimum Gasteiger partial charge on any atom is -0.497 e. The van der Waals surface area contributed by atoms with E-state index in [4.69, 9.17) is 18.9 Å². The number of amides is 2. The van der Waals surface area contributed by atoms with Crippen molar-refractivity contribution in [1.82, 2.24) is 4.90 Å². The smallest absolute Gasteiger partial charge is 0.278 e. The molecule has 1 aliphatic rings. The van der Waals surface area contributed by atoms with Gasteiger partial charge in [-0.3, -0.25) is 14.5 Å². The normalized spacial score (nSPS) is 13.6. The fourth-order valence-corrected chi connectivity index (χ4v) is 3.41. The third-order valence-electron chi connectivity index (χ3n) is 4.94. The van der Waals surface area contributed by atoms with Crippen LogP contribution in [0.4, 0.5) is 5.69 Å². The second kappa shape index (κ2) is 9.99. The maximum absolute atomic E-state index is 13.3. The third kappa shape index (κ3) is 4.49. The number of hydrogen-bond acceptors (Lipinski definition) is 7. The number of nitrogens with one attached hydrogen (secondary N) is 1. The molecule has 0 aromatic heterocycles. The van der Waals surface area contributed by atoms with Crippen molar-refractivity contribution < 1.29 is 28.5 Å². The van der Waals surface area contributed by atoms with Crippen molar-refractivity contribution in [3.8, 4) is 17.2 Å². The molecule has 8 nitrogen and oxygen atoms in total. The van der Waals surface area contributed by atoms with E-state index in [2.05, 4.69) is 5.32 Å². The van der Waals surface area contributed by atoms with E-state index in [1.807, 2.05) is 0 Å². The topological polar surface area (TPSA) is 86.3 Å². The Hall–Kier alpha value is -3.52. The van der Waals surface area contributed by atoms with Gasteiger partial charge in [-0.05, 0) is 24.6 Å². The molecule has 2 aromatic rings. The van der Waals surface area contributed by atoms with E-state index in [-0.39, 0.29) is 17.8 Å². The molecule has 0 fully saturated rings. The zero-order valence-corrected chi connectivity index (χ0v) is 18.1. The van der Waals surface area contributed by atoms with E-state index in [9.17, 15) is 9.59 Å². The summed E-state index contributed by atoms with van der Waals surface area (Å²) in [6, 6.07) is 12.3. The maximum atomic E-state index is 13.3. The lowest BCUT2D eigenvalue weighted by molar-refractivity contribution is -0.137. The second-order valence-electron chi connectivity index (χ2n) is 6.75. The second-order valence-corrected chi connectivity index (χ2v) is 6.75. The number of nitrogens with zero attached hydrogens (tertiary/aromatic N) is 1. The molecule has 0 atom stereocenters. The van der Waals surface area contributed by atoms with Crippen molar-refractivity contribution in [2.75, 3.05) is 46.9 Å². The Labute approximate surface area is 181 Å². The van der Waals surface area contributed by atoms with E-state index in [0.29, 0.717) is 41.5 Å². The van der Waals surface area contributed by atoms with Gasteiger partial charge in [0.2, 0.25) is 0 Å². The summed E-state index contributed by atoms with van der Waals surface area (Å²) in [7, 11) is 6.18. The zero-order valence-electron chi connectivity index (χ0n) is 18.1. The molecule has 2 aromatic carbocycles. The van der Waals surface area contributed by atoms with E-state index in [1.54, 1.807) is 56.7 Å². The van der Waals surface area contributed by atoms with Gasteiger partial charge >= 0.3 is 0 Å². The summed E-state index contributed by atoms with van der Waals surface area (Å²) < 4.78 is 21.2. The van der Waals surface area contributed by atoms with Gasteiger partial charge in [-0.25, -0.2) is 0 Å². The van der Waals surface area contributed by atoms with Gasteiger partial charge in [-0.1, -0.05) is 18.2 Å². The molecular formula is C23H26N2O6. The van der Waals surface area contributed by atoms with Crippen molar-refractivity contribution >= 4 is 23.1 Å². The van der Waals surface area contributed by atoms with Gasteiger partial charge in [-0.15, -0.1) is 0 Å². The van der Waals surface area contributed by atoms with Gasteiger partial charge in [0.15, 0.2) is 0 Å². The molecule has 8 heteroatoms. The van der Waals surface area contributed by atoms with Crippen molar-refractivity contribution in [1.29, 1.82) is 0 Å². The molecule has 2 amide bonds. The Morgan fingerprint density at radius 1 is 0.871 bits per heavy atom. The summed E-state index contributed by atoms with van der Waals surface area (Å²) in [6.45, 7) is 0.679. The Morgan fingerprint density at radius 3 is 2.29 bits per heavy atom. The van der Waals surface area contributed by atoms with Crippen LogP contribution in [0.5, 0.6) is 17.2 Å². The summed E-state index contributed by atoms with van der Waals surface area (Å²) in [5.74, 6) is 0.762. The number of methoxy groups -OCH3 is 4. The molecule has 164 valence electrons. The molecule has 0 bridgehead atoms. The predicted octanol–water partition coefficient (Wildman–Crippen LogP) is 2.94. The van der Waals surface area contributed by atoms with Crippen LogP contribution in [-0.2, 0) is 14.3 Å². The molecule has 0 unspecified atom stereocenters. The predicted molar refractivity (Wildman–Crippen MR) is 116 cm³/mol. The summed E-state index contributed by atoms with van der Waals surface area (Å²) >= 11 is 0. The van der Waals surface area contributed by atoms with E-state index in [1.165, 1.54) is 19.1 Å². The molecular weight excluding hydrogens is 400 g/mol. The lowest BCUT2D eigenvalue weighted by Crippen LogP contribution is -2.34. The van der Waals surface area contributed by atoms with Crippen LogP contribution in [0.3, 0.4) is 0 Å². The Morgan fingerprint density at radius 2 is 1.61 bits per heavy atom. The average molecular weight is 426 g/mol. The molecule has 1 heterocycles. The SMILES string of the molecule is COCCCN1C(=O)C(Nc2cc(OC)ccc2OC)=C(c2ccccc2OC)C1=O. The minimum atomic E-state index is -0.424. The fraction of sp³-hybridized carbons (Fsp3) is 0.304. The van der Waals surface area contributed by atoms with Crippen molar-refractivity contribution in [2.24, 2.45) is 0 Å². The minimum absolute atomic E-state index is 0.151. The van der Waals surface area contributed by atoms with Crippen LogP contribution < -0.4 is 19.5 Å². The van der Waals surface area contributed by atoms with Crippen molar-refractivity contribution in [2.45, 2.75) is 6.42 Å². The lowest BCUT2D eigenvalue weighted by Gasteiger charge is -2.16. The molecule has 0 saturated carbocycles. The van der Waals surface area contributed by atoms with Crippen LogP contribution in [0.15, 0.2) is 48.2 Å². The number of benzene rings is 2. The number of imide groups is 1. The van der Waals surface area contributed by atoms with Crippen LogP contribution in [0, 0.1) is 0 Å². The molecule has 1 N–H and O–H groups in total. The zero-order chi connectivity index (χ0) is 22.4. The van der Waals surface area contributed by atoms with E-state index < -0.39 is 11.8 Å². The summed E-state index contributed by atoms with van der Waals surface area (Å²) in [4.78, 5) is 27.8. The number of rotatable bonds is 10. The lowest BCUT2D eigenvalue weighted by atomic mass is 10.0. The highest BCUT2D eigenvalue weighted by atomic mass is 16.5. The van der Waals surface area contributed by atoms with Crippen molar-refractivity contribution in [3.05, 3.63) is 53.7 Å². The molecule has 0 spiro atoms. The van der Waals surface area contributed by atoms with Crippen LogP contribution in [0.2, 0.25) is 0 Å². The van der Waals surface area contributed by atoms with Gasteiger partial charge in [0.1, 0.15) is 22.9 Å². The Kier molecular flexibility index (Phi) is 7.15. The van der Waals surface area contributed by atoms with Gasteiger partial charge in [-0.2, -0.15) is 0 Å². The summed E-state index contributed by atoms with van der Waals surface area (Å²) in [5, 5.41) is 3.11.